The maximum atomic E-state index is 11.8. The van der Waals surface area contributed by atoms with Gasteiger partial charge in [0.25, 0.3) is 11.6 Å². The Morgan fingerprint density at radius 2 is 2.00 bits per heavy atom. The summed E-state index contributed by atoms with van der Waals surface area (Å²) in [5.74, 6) is -0.847. The number of fused-ring (bicyclic) bond motifs is 1. The van der Waals surface area contributed by atoms with Gasteiger partial charge in [-0.2, -0.15) is 0 Å². The second-order valence-corrected chi connectivity index (χ2v) is 4.13. The van der Waals surface area contributed by atoms with Crippen molar-refractivity contribution in [2.75, 3.05) is 0 Å². The van der Waals surface area contributed by atoms with Crippen molar-refractivity contribution in [3.63, 3.8) is 0 Å². The number of hydrogen-bond donors (Lipinski definition) is 2. The molecule has 0 bridgehead atoms. The van der Waals surface area contributed by atoms with Crippen molar-refractivity contribution in [2.45, 2.75) is 0 Å². The number of imide groups is 1. The van der Waals surface area contributed by atoms with E-state index < -0.39 is 16.9 Å². The van der Waals surface area contributed by atoms with E-state index in [-0.39, 0.29) is 27.2 Å². The standard InChI is InChI=1S/C11H7ClN4O4/c12-7-2-1-5-6(9(7)16(19)20)3-4-14-8(5)10(17)15-11(13)18/h1-4H,(H3,13,15,17,18). The number of pyridine rings is 1. The van der Waals surface area contributed by atoms with Crippen molar-refractivity contribution in [3.8, 4) is 0 Å². The van der Waals surface area contributed by atoms with Crippen molar-refractivity contribution < 1.29 is 14.5 Å². The van der Waals surface area contributed by atoms with Gasteiger partial charge in [-0.15, -0.1) is 0 Å². The summed E-state index contributed by atoms with van der Waals surface area (Å²) in [6, 6.07) is 3.01. The second kappa shape index (κ2) is 5.10. The maximum Gasteiger partial charge on any atom is 0.319 e. The van der Waals surface area contributed by atoms with E-state index in [9.17, 15) is 19.7 Å². The van der Waals surface area contributed by atoms with Crippen LogP contribution in [0.4, 0.5) is 10.5 Å². The van der Waals surface area contributed by atoms with Crippen LogP contribution in [0.3, 0.4) is 0 Å². The third-order valence-electron chi connectivity index (χ3n) is 2.50. The molecule has 102 valence electrons. The molecule has 0 aliphatic heterocycles. The Morgan fingerprint density at radius 3 is 2.60 bits per heavy atom. The van der Waals surface area contributed by atoms with Crippen LogP contribution in [0.1, 0.15) is 10.5 Å². The number of carbonyl (C=O) groups is 2. The van der Waals surface area contributed by atoms with Gasteiger partial charge in [0.1, 0.15) is 10.7 Å². The molecule has 0 fully saturated rings. The van der Waals surface area contributed by atoms with Crippen molar-refractivity contribution >= 4 is 40.0 Å². The summed E-state index contributed by atoms with van der Waals surface area (Å²) >= 11 is 5.78. The number of aromatic nitrogens is 1. The van der Waals surface area contributed by atoms with Crippen molar-refractivity contribution in [2.24, 2.45) is 5.73 Å². The van der Waals surface area contributed by atoms with Crippen LogP contribution in [0.5, 0.6) is 0 Å². The van der Waals surface area contributed by atoms with Crippen molar-refractivity contribution in [1.82, 2.24) is 10.3 Å². The van der Waals surface area contributed by atoms with Gasteiger partial charge in [0.15, 0.2) is 0 Å². The fourth-order valence-corrected chi connectivity index (χ4v) is 1.98. The summed E-state index contributed by atoms with van der Waals surface area (Å²) in [7, 11) is 0. The van der Waals surface area contributed by atoms with Gasteiger partial charge in [0.2, 0.25) is 0 Å². The first-order valence-corrected chi connectivity index (χ1v) is 5.62. The first-order valence-electron chi connectivity index (χ1n) is 5.24. The number of rotatable bonds is 2. The smallest absolute Gasteiger partial charge is 0.319 e. The summed E-state index contributed by atoms with van der Waals surface area (Å²) in [6.45, 7) is 0. The molecule has 3 N–H and O–H groups in total. The largest absolute Gasteiger partial charge is 0.351 e. The number of urea groups is 1. The SMILES string of the molecule is NC(=O)NC(=O)c1nccc2c([N+](=O)[O-])c(Cl)ccc12. The van der Waals surface area contributed by atoms with Crippen LogP contribution in [0.15, 0.2) is 24.4 Å². The summed E-state index contributed by atoms with van der Waals surface area (Å²) < 4.78 is 0. The lowest BCUT2D eigenvalue weighted by Crippen LogP contribution is -2.35. The first-order chi connectivity index (χ1) is 9.41. The number of amides is 3. The molecule has 0 saturated heterocycles. The minimum Gasteiger partial charge on any atom is -0.351 e. The Labute approximate surface area is 116 Å². The Balaban J connectivity index is 2.71. The van der Waals surface area contributed by atoms with Gasteiger partial charge in [-0.1, -0.05) is 17.7 Å². The zero-order chi connectivity index (χ0) is 14.9. The first kappa shape index (κ1) is 13.7. The zero-order valence-corrected chi connectivity index (χ0v) is 10.5. The molecule has 20 heavy (non-hydrogen) atoms. The number of nitrogens with two attached hydrogens (primary N) is 1. The van der Waals surface area contributed by atoms with Gasteiger partial charge in [-0.25, -0.2) is 4.79 Å². The van der Waals surface area contributed by atoms with E-state index >= 15 is 0 Å². The van der Waals surface area contributed by atoms with Gasteiger partial charge in [0.05, 0.1) is 10.3 Å². The van der Waals surface area contributed by atoms with Gasteiger partial charge < -0.3 is 5.73 Å². The van der Waals surface area contributed by atoms with E-state index in [0.29, 0.717) is 0 Å². The highest BCUT2D eigenvalue weighted by molar-refractivity contribution is 6.34. The Kier molecular flexibility index (Phi) is 3.49. The quantitative estimate of drug-likeness (QED) is 0.642. The van der Waals surface area contributed by atoms with E-state index in [1.165, 1.54) is 24.4 Å². The molecule has 0 aliphatic carbocycles. The van der Waals surface area contributed by atoms with E-state index in [1.807, 2.05) is 5.32 Å². The molecular formula is C11H7ClN4O4. The molecule has 2 aromatic rings. The van der Waals surface area contributed by atoms with E-state index in [4.69, 9.17) is 17.3 Å². The minimum atomic E-state index is -1.04. The molecule has 2 rings (SSSR count). The number of nitro benzene ring substituents is 1. The predicted octanol–water partition coefficient (Wildman–Crippen LogP) is 1.60. The van der Waals surface area contributed by atoms with Gasteiger partial charge in [0, 0.05) is 11.6 Å². The van der Waals surface area contributed by atoms with Crippen LogP contribution in [0.25, 0.3) is 10.8 Å². The molecule has 0 aliphatic rings. The highest BCUT2D eigenvalue weighted by Gasteiger charge is 2.21. The molecule has 8 nitrogen and oxygen atoms in total. The van der Waals surface area contributed by atoms with Gasteiger partial charge in [-0.3, -0.25) is 25.2 Å². The zero-order valence-electron chi connectivity index (χ0n) is 9.79. The van der Waals surface area contributed by atoms with Gasteiger partial charge in [-0.05, 0) is 12.1 Å². The molecular weight excluding hydrogens is 288 g/mol. The molecule has 3 amide bonds. The van der Waals surface area contributed by atoms with Gasteiger partial charge >= 0.3 is 6.03 Å². The molecule has 0 saturated carbocycles. The molecule has 9 heteroatoms. The monoisotopic (exact) mass is 294 g/mol. The lowest BCUT2D eigenvalue weighted by atomic mass is 10.1. The molecule has 1 aromatic carbocycles. The number of halogens is 1. The Hall–Kier alpha value is -2.74. The number of nitrogens with one attached hydrogen (secondary N) is 1. The second-order valence-electron chi connectivity index (χ2n) is 3.73. The lowest BCUT2D eigenvalue weighted by molar-refractivity contribution is -0.382. The van der Waals surface area contributed by atoms with Crippen molar-refractivity contribution in [3.05, 3.63) is 45.2 Å². The number of nitro groups is 1. The van der Waals surface area contributed by atoms with E-state index in [2.05, 4.69) is 4.98 Å². The molecule has 0 unspecified atom stereocenters. The molecule has 1 aromatic heterocycles. The van der Waals surface area contributed by atoms with Crippen LogP contribution in [0, 0.1) is 10.1 Å². The maximum absolute atomic E-state index is 11.8. The average molecular weight is 295 g/mol. The Bertz CT molecular complexity index is 747. The number of benzene rings is 1. The predicted molar refractivity (Wildman–Crippen MR) is 70.5 cm³/mol. The van der Waals surface area contributed by atoms with E-state index in [0.717, 1.165) is 0 Å². The topological polar surface area (TPSA) is 128 Å². The number of carbonyl (C=O) groups excluding carboxylic acids is 2. The summed E-state index contributed by atoms with van der Waals surface area (Å²) in [5, 5.41) is 13.2. The minimum absolute atomic E-state index is 0.0602. The third-order valence-corrected chi connectivity index (χ3v) is 2.81. The molecule has 0 radical (unpaired) electrons. The molecule has 0 spiro atoms. The average Bonchev–Trinajstić information content (AvgIpc) is 2.36. The van der Waals surface area contributed by atoms with Crippen molar-refractivity contribution in [1.29, 1.82) is 0 Å². The Morgan fingerprint density at radius 1 is 1.30 bits per heavy atom. The normalized spacial score (nSPS) is 10.2. The fourth-order valence-electron chi connectivity index (χ4n) is 1.75. The van der Waals surface area contributed by atoms with Crippen LogP contribution >= 0.6 is 11.6 Å². The highest BCUT2D eigenvalue weighted by atomic mass is 35.5. The molecule has 0 atom stereocenters. The summed E-state index contributed by atoms with van der Waals surface area (Å²) in [4.78, 5) is 36.6. The molecule has 1 heterocycles. The van der Waals surface area contributed by atoms with E-state index in [1.54, 1.807) is 0 Å². The number of primary amides is 1. The number of hydrogen-bond acceptors (Lipinski definition) is 5. The fraction of sp³-hybridized carbons (Fsp3) is 0. The van der Waals surface area contributed by atoms with Crippen LogP contribution in [-0.2, 0) is 0 Å². The number of nitrogens with zero attached hydrogens (tertiary/aromatic N) is 2. The van der Waals surface area contributed by atoms with Crippen LogP contribution in [0.2, 0.25) is 5.02 Å². The third kappa shape index (κ3) is 2.36. The van der Waals surface area contributed by atoms with Crippen LogP contribution in [-0.4, -0.2) is 21.8 Å². The lowest BCUT2D eigenvalue weighted by Gasteiger charge is -2.06. The highest BCUT2D eigenvalue weighted by Crippen LogP contribution is 2.33. The van der Waals surface area contributed by atoms with Crippen LogP contribution < -0.4 is 11.1 Å². The summed E-state index contributed by atoms with van der Waals surface area (Å²) in [5.41, 5.74) is 4.36. The summed E-state index contributed by atoms with van der Waals surface area (Å²) in [6.07, 6.45) is 1.21.